The van der Waals surface area contributed by atoms with Gasteiger partial charge in [0.25, 0.3) is 5.17 Å². The highest BCUT2D eigenvalue weighted by molar-refractivity contribution is 7.80. The minimum Gasteiger partial charge on any atom is -0.432 e. The summed E-state index contributed by atoms with van der Waals surface area (Å²) in [5.74, 6) is 0.787. The lowest BCUT2D eigenvalue weighted by atomic mass is 10.1. The van der Waals surface area contributed by atoms with Crippen LogP contribution < -0.4 is 4.74 Å². The van der Waals surface area contributed by atoms with Gasteiger partial charge in [-0.1, -0.05) is 30.3 Å². The van der Waals surface area contributed by atoms with Gasteiger partial charge in [-0.15, -0.1) is 0 Å². The molecule has 19 heavy (non-hydrogen) atoms. The highest BCUT2D eigenvalue weighted by atomic mass is 32.1. The number of benzene rings is 2. The lowest BCUT2D eigenvalue weighted by Gasteiger charge is -2.28. The summed E-state index contributed by atoms with van der Waals surface area (Å²) < 4.78 is 11.1. The summed E-state index contributed by atoms with van der Waals surface area (Å²) in [6.45, 7) is 3.02. The SMILES string of the molecule is S=C(Oc1ccc2ccccc2c1)N1CCOCC1. The Hall–Kier alpha value is -1.65. The van der Waals surface area contributed by atoms with Crippen molar-refractivity contribution < 1.29 is 9.47 Å². The molecule has 1 saturated heterocycles. The fourth-order valence-corrected chi connectivity index (χ4v) is 2.42. The third kappa shape index (κ3) is 2.85. The van der Waals surface area contributed by atoms with Crippen molar-refractivity contribution in [3.63, 3.8) is 0 Å². The maximum atomic E-state index is 5.76. The molecule has 0 bridgehead atoms. The van der Waals surface area contributed by atoms with Gasteiger partial charge in [-0.05, 0) is 35.1 Å². The molecule has 3 nitrogen and oxygen atoms in total. The summed E-state index contributed by atoms with van der Waals surface area (Å²) in [7, 11) is 0. The van der Waals surface area contributed by atoms with Crippen molar-refractivity contribution in [1.82, 2.24) is 4.90 Å². The van der Waals surface area contributed by atoms with E-state index in [4.69, 9.17) is 21.7 Å². The van der Waals surface area contributed by atoms with E-state index in [1.165, 1.54) is 5.39 Å². The van der Waals surface area contributed by atoms with Crippen molar-refractivity contribution >= 4 is 28.2 Å². The van der Waals surface area contributed by atoms with Crippen molar-refractivity contribution in [3.05, 3.63) is 42.5 Å². The average molecular weight is 273 g/mol. The molecule has 0 saturated carbocycles. The molecule has 0 radical (unpaired) electrons. The van der Waals surface area contributed by atoms with E-state index in [9.17, 15) is 0 Å². The van der Waals surface area contributed by atoms with Crippen LogP contribution in [0.25, 0.3) is 10.8 Å². The molecular formula is C15H15NO2S. The molecular weight excluding hydrogens is 258 g/mol. The molecule has 0 aliphatic carbocycles. The summed E-state index contributed by atoms with van der Waals surface area (Å²) in [6.07, 6.45) is 0. The number of hydrogen-bond donors (Lipinski definition) is 0. The summed E-state index contributed by atoms with van der Waals surface area (Å²) in [5.41, 5.74) is 0. The minimum atomic E-state index is 0.526. The first kappa shape index (κ1) is 12.4. The maximum Gasteiger partial charge on any atom is 0.264 e. The second-order valence-electron chi connectivity index (χ2n) is 4.48. The second kappa shape index (κ2) is 5.55. The van der Waals surface area contributed by atoms with Crippen molar-refractivity contribution in [3.8, 4) is 5.75 Å². The zero-order chi connectivity index (χ0) is 13.1. The van der Waals surface area contributed by atoms with E-state index in [2.05, 4.69) is 12.1 Å². The zero-order valence-electron chi connectivity index (χ0n) is 10.5. The normalized spacial score (nSPS) is 15.5. The van der Waals surface area contributed by atoms with E-state index in [1.54, 1.807) is 0 Å². The lowest BCUT2D eigenvalue weighted by molar-refractivity contribution is 0.0631. The van der Waals surface area contributed by atoms with Crippen molar-refractivity contribution in [2.24, 2.45) is 0 Å². The summed E-state index contributed by atoms with van der Waals surface area (Å²) in [4.78, 5) is 2.04. The zero-order valence-corrected chi connectivity index (χ0v) is 11.4. The Bertz CT molecular complexity index is 593. The van der Waals surface area contributed by atoms with E-state index >= 15 is 0 Å². The Morgan fingerprint density at radius 1 is 1.05 bits per heavy atom. The molecule has 1 aliphatic heterocycles. The molecule has 1 heterocycles. The first-order valence-corrected chi connectivity index (χ1v) is 6.77. The Labute approximate surface area is 117 Å². The van der Waals surface area contributed by atoms with Gasteiger partial charge in [0.15, 0.2) is 0 Å². The highest BCUT2D eigenvalue weighted by Crippen LogP contribution is 2.21. The second-order valence-corrected chi connectivity index (χ2v) is 4.83. The van der Waals surface area contributed by atoms with Gasteiger partial charge in [0, 0.05) is 13.1 Å². The monoisotopic (exact) mass is 273 g/mol. The van der Waals surface area contributed by atoms with Crippen LogP contribution in [0.4, 0.5) is 0 Å². The van der Waals surface area contributed by atoms with Crippen molar-refractivity contribution in [2.45, 2.75) is 0 Å². The molecule has 0 N–H and O–H groups in total. The van der Waals surface area contributed by atoms with E-state index < -0.39 is 0 Å². The predicted octanol–water partition coefficient (Wildman–Crippen LogP) is 2.84. The van der Waals surface area contributed by atoms with Gasteiger partial charge in [0.1, 0.15) is 5.75 Å². The predicted molar refractivity (Wildman–Crippen MR) is 79.6 cm³/mol. The van der Waals surface area contributed by atoms with Gasteiger partial charge >= 0.3 is 0 Å². The summed E-state index contributed by atoms with van der Waals surface area (Å²) in [5, 5.41) is 2.88. The Morgan fingerprint density at radius 3 is 2.58 bits per heavy atom. The molecule has 0 unspecified atom stereocenters. The van der Waals surface area contributed by atoms with Crippen LogP contribution in [0.15, 0.2) is 42.5 Å². The fraction of sp³-hybridized carbons (Fsp3) is 0.267. The topological polar surface area (TPSA) is 21.7 Å². The fourth-order valence-electron chi connectivity index (χ4n) is 2.14. The van der Waals surface area contributed by atoms with E-state index in [0.29, 0.717) is 18.4 Å². The molecule has 2 aromatic rings. The molecule has 98 valence electrons. The number of nitrogens with zero attached hydrogens (tertiary/aromatic N) is 1. The van der Waals surface area contributed by atoms with Crippen molar-refractivity contribution in [1.29, 1.82) is 0 Å². The van der Waals surface area contributed by atoms with Crippen LogP contribution in [0.2, 0.25) is 0 Å². The molecule has 0 amide bonds. The number of hydrogen-bond acceptors (Lipinski definition) is 3. The molecule has 0 spiro atoms. The number of fused-ring (bicyclic) bond motifs is 1. The Balaban J connectivity index is 1.75. The molecule has 4 heteroatoms. The average Bonchev–Trinajstić information content (AvgIpc) is 2.48. The van der Waals surface area contributed by atoms with Gasteiger partial charge in [-0.25, -0.2) is 0 Å². The molecule has 3 rings (SSSR count). The van der Waals surface area contributed by atoms with Gasteiger partial charge < -0.3 is 14.4 Å². The highest BCUT2D eigenvalue weighted by Gasteiger charge is 2.15. The van der Waals surface area contributed by atoms with Crippen molar-refractivity contribution in [2.75, 3.05) is 26.3 Å². The number of ether oxygens (including phenoxy) is 2. The molecule has 1 aliphatic rings. The molecule has 0 aromatic heterocycles. The van der Waals surface area contributed by atoms with Crippen LogP contribution in [0, 0.1) is 0 Å². The van der Waals surface area contributed by atoms with E-state index in [0.717, 1.165) is 24.2 Å². The van der Waals surface area contributed by atoms with Gasteiger partial charge in [0.05, 0.1) is 13.2 Å². The van der Waals surface area contributed by atoms with E-state index in [1.807, 2.05) is 35.2 Å². The quantitative estimate of drug-likeness (QED) is 0.745. The molecule has 2 aromatic carbocycles. The van der Waals surface area contributed by atoms with Gasteiger partial charge in [0.2, 0.25) is 0 Å². The first-order valence-electron chi connectivity index (χ1n) is 6.36. The van der Waals surface area contributed by atoms with Crippen LogP contribution in [-0.2, 0) is 4.74 Å². The first-order chi connectivity index (χ1) is 9.33. The lowest BCUT2D eigenvalue weighted by Crippen LogP contribution is -2.42. The minimum absolute atomic E-state index is 0.526. The largest absolute Gasteiger partial charge is 0.432 e. The number of morpholine rings is 1. The number of rotatable bonds is 1. The molecule has 0 atom stereocenters. The number of thiocarbonyl (C=S) groups is 1. The van der Waals surface area contributed by atoms with Crippen LogP contribution in [0.3, 0.4) is 0 Å². The van der Waals surface area contributed by atoms with E-state index in [-0.39, 0.29) is 0 Å². The van der Waals surface area contributed by atoms with Crippen LogP contribution in [0.5, 0.6) is 5.75 Å². The Kier molecular flexibility index (Phi) is 3.62. The van der Waals surface area contributed by atoms with Gasteiger partial charge in [-0.3, -0.25) is 0 Å². The summed E-state index contributed by atoms with van der Waals surface area (Å²) >= 11 is 5.33. The van der Waals surface area contributed by atoms with Crippen LogP contribution >= 0.6 is 12.2 Å². The third-order valence-corrected chi connectivity index (χ3v) is 3.54. The van der Waals surface area contributed by atoms with Crippen LogP contribution in [0.1, 0.15) is 0 Å². The smallest absolute Gasteiger partial charge is 0.264 e. The van der Waals surface area contributed by atoms with Crippen LogP contribution in [-0.4, -0.2) is 36.4 Å². The Morgan fingerprint density at radius 2 is 1.79 bits per heavy atom. The van der Waals surface area contributed by atoms with Gasteiger partial charge in [-0.2, -0.15) is 0 Å². The maximum absolute atomic E-state index is 5.76. The molecule has 1 fully saturated rings. The third-order valence-electron chi connectivity index (χ3n) is 3.20. The standard InChI is InChI=1S/C15H15NO2S/c19-15(16-7-9-17-10-8-16)18-14-6-5-12-3-1-2-4-13(12)11-14/h1-6,11H,7-10H2. The summed E-state index contributed by atoms with van der Waals surface area (Å²) in [6, 6.07) is 14.2.